The smallest absolute Gasteiger partial charge is 0.414 e. The Morgan fingerprint density at radius 3 is 1.67 bits per heavy atom. The Morgan fingerprint density at radius 1 is 1.00 bits per heavy atom. The maximum absolute atomic E-state index is 11.6. The summed E-state index contributed by atoms with van der Waals surface area (Å²) in [4.78, 5) is 27.1. The third-order valence-corrected chi connectivity index (χ3v) is 1.57. The minimum atomic E-state index is -0.755. The van der Waals surface area contributed by atoms with Gasteiger partial charge < -0.3 is 9.47 Å². The molecule has 21 heavy (non-hydrogen) atoms. The Morgan fingerprint density at radius 2 is 1.38 bits per heavy atom. The zero-order valence-electron chi connectivity index (χ0n) is 13.4. The lowest BCUT2D eigenvalue weighted by atomic mass is 10.2. The van der Waals surface area contributed by atoms with E-state index in [9.17, 15) is 9.59 Å². The summed E-state index contributed by atoms with van der Waals surface area (Å²) in [7, 11) is 0. The van der Waals surface area contributed by atoms with Crippen LogP contribution in [0.1, 0.15) is 41.5 Å². The second kappa shape index (κ2) is 7.53. The van der Waals surface area contributed by atoms with E-state index in [1.54, 1.807) is 41.5 Å². The lowest BCUT2D eigenvalue weighted by Gasteiger charge is -2.22. The van der Waals surface area contributed by atoms with Crippen LogP contribution in [-0.2, 0) is 9.47 Å². The van der Waals surface area contributed by atoms with Gasteiger partial charge in [-0.2, -0.15) is 0 Å². The van der Waals surface area contributed by atoms with Crippen molar-refractivity contribution in [2.75, 3.05) is 6.54 Å². The van der Waals surface area contributed by atoms with Crippen LogP contribution in [0, 0.1) is 12.3 Å². The number of guanidine groups is 1. The summed E-state index contributed by atoms with van der Waals surface area (Å²) in [6.45, 7) is 10.3. The van der Waals surface area contributed by atoms with Gasteiger partial charge in [0, 0.05) is 0 Å². The van der Waals surface area contributed by atoms with Crippen LogP contribution in [0.3, 0.4) is 0 Å². The summed E-state index contributed by atoms with van der Waals surface area (Å²) < 4.78 is 10.1. The van der Waals surface area contributed by atoms with E-state index in [0.717, 1.165) is 0 Å². The van der Waals surface area contributed by atoms with Crippen molar-refractivity contribution in [2.45, 2.75) is 52.7 Å². The molecule has 0 aromatic carbocycles. The van der Waals surface area contributed by atoms with E-state index < -0.39 is 23.4 Å². The summed E-state index contributed by atoms with van der Waals surface area (Å²) in [6.07, 6.45) is 3.59. The zero-order valence-corrected chi connectivity index (χ0v) is 13.4. The molecule has 0 spiro atoms. The summed E-state index contributed by atoms with van der Waals surface area (Å²) in [6, 6.07) is 0. The molecule has 0 aliphatic rings. The van der Waals surface area contributed by atoms with Crippen molar-refractivity contribution in [3.05, 3.63) is 0 Å². The van der Waals surface area contributed by atoms with Crippen molar-refractivity contribution in [3.8, 4) is 12.3 Å². The second-order valence-electron chi connectivity index (χ2n) is 6.12. The maximum Gasteiger partial charge on any atom is 0.414 e. The number of amides is 2. The standard InChI is InChI=1S/C14H23N3O4/c1-8-9-15-10(16-11(18)20-13(2,3)4)17-12(19)21-14(5,6)7/h1H,9H2,2-7H3,(H2,15,16,17,18,19). The summed E-state index contributed by atoms with van der Waals surface area (Å²) >= 11 is 0. The molecule has 118 valence electrons. The quantitative estimate of drug-likeness (QED) is 0.440. The van der Waals surface area contributed by atoms with Gasteiger partial charge in [0.05, 0.1) is 0 Å². The number of rotatable bonds is 1. The number of terminal acetylenes is 1. The van der Waals surface area contributed by atoms with E-state index in [1.807, 2.05) is 0 Å². The van der Waals surface area contributed by atoms with Gasteiger partial charge >= 0.3 is 12.2 Å². The molecule has 0 aromatic rings. The highest BCUT2D eigenvalue weighted by molar-refractivity contribution is 6.01. The molecule has 0 saturated carbocycles. The first kappa shape index (κ1) is 18.8. The Balaban J connectivity index is 4.72. The first-order valence-electron chi connectivity index (χ1n) is 6.41. The minimum Gasteiger partial charge on any atom is -0.444 e. The Bertz CT molecular complexity index is 418. The fourth-order valence-electron chi connectivity index (χ4n) is 1.04. The van der Waals surface area contributed by atoms with Crippen LogP contribution in [-0.4, -0.2) is 35.9 Å². The van der Waals surface area contributed by atoms with E-state index in [4.69, 9.17) is 15.9 Å². The third-order valence-electron chi connectivity index (χ3n) is 1.57. The molecule has 0 aliphatic carbocycles. The van der Waals surface area contributed by atoms with Crippen molar-refractivity contribution >= 4 is 18.1 Å². The molecule has 0 aliphatic heterocycles. The molecule has 0 unspecified atom stereocenters. The van der Waals surface area contributed by atoms with Crippen LogP contribution in [0.15, 0.2) is 4.99 Å². The number of nitrogens with one attached hydrogen (secondary N) is 2. The average Bonchev–Trinajstić information content (AvgIpc) is 2.20. The topological polar surface area (TPSA) is 89.0 Å². The molecule has 7 heteroatoms. The minimum absolute atomic E-state index is 0.0130. The van der Waals surface area contributed by atoms with Crippen LogP contribution in [0.4, 0.5) is 9.59 Å². The number of carbonyl (C=O) groups is 2. The molecule has 2 amide bonds. The number of aliphatic imine (C=N–C) groups is 1. The summed E-state index contributed by atoms with van der Waals surface area (Å²) in [5.41, 5.74) is -1.35. The van der Waals surface area contributed by atoms with E-state index >= 15 is 0 Å². The Labute approximate surface area is 125 Å². The Kier molecular flexibility index (Phi) is 6.73. The lowest BCUT2D eigenvalue weighted by molar-refractivity contribution is 0.0545. The molecule has 0 saturated heterocycles. The van der Waals surface area contributed by atoms with Crippen LogP contribution in [0.5, 0.6) is 0 Å². The van der Waals surface area contributed by atoms with Gasteiger partial charge in [-0.15, -0.1) is 6.42 Å². The normalized spacial score (nSPS) is 10.9. The number of hydrogen-bond donors (Lipinski definition) is 2. The fraction of sp³-hybridized carbons (Fsp3) is 0.643. The van der Waals surface area contributed by atoms with Gasteiger partial charge in [-0.1, -0.05) is 5.92 Å². The molecule has 0 heterocycles. The van der Waals surface area contributed by atoms with Crippen LogP contribution < -0.4 is 10.6 Å². The second-order valence-corrected chi connectivity index (χ2v) is 6.12. The average molecular weight is 297 g/mol. The summed E-state index contributed by atoms with van der Waals surface area (Å²) in [5.74, 6) is 2.14. The monoisotopic (exact) mass is 297 g/mol. The lowest BCUT2D eigenvalue weighted by Crippen LogP contribution is -2.47. The molecule has 0 rings (SSSR count). The molecule has 0 radical (unpaired) electrons. The first-order chi connectivity index (χ1) is 9.43. The zero-order chi connectivity index (χ0) is 16.7. The number of ether oxygens (including phenoxy) is 2. The van der Waals surface area contributed by atoms with Gasteiger partial charge in [0.25, 0.3) is 0 Å². The molecule has 7 nitrogen and oxygen atoms in total. The number of hydrogen-bond acceptors (Lipinski definition) is 5. The molecule has 0 aromatic heterocycles. The van der Waals surface area contributed by atoms with Gasteiger partial charge in [-0.05, 0) is 41.5 Å². The SMILES string of the molecule is C#CCN=C(NC(=O)OC(C)(C)C)NC(=O)OC(C)(C)C. The van der Waals surface area contributed by atoms with E-state index in [0.29, 0.717) is 0 Å². The van der Waals surface area contributed by atoms with Gasteiger partial charge in [-0.25, -0.2) is 14.6 Å². The predicted octanol–water partition coefficient (Wildman–Crippen LogP) is 2.02. The van der Waals surface area contributed by atoms with E-state index in [-0.39, 0.29) is 12.5 Å². The molecule has 0 bridgehead atoms. The van der Waals surface area contributed by atoms with Crippen molar-refractivity contribution < 1.29 is 19.1 Å². The molecular weight excluding hydrogens is 274 g/mol. The highest BCUT2D eigenvalue weighted by atomic mass is 16.6. The Hall–Kier alpha value is -2.23. The van der Waals surface area contributed by atoms with Crippen LogP contribution >= 0.6 is 0 Å². The number of carbonyl (C=O) groups excluding carboxylic acids is 2. The van der Waals surface area contributed by atoms with Gasteiger partial charge in [0.15, 0.2) is 0 Å². The van der Waals surface area contributed by atoms with E-state index in [2.05, 4.69) is 21.5 Å². The molecule has 0 fully saturated rings. The van der Waals surface area contributed by atoms with Crippen molar-refractivity contribution in [3.63, 3.8) is 0 Å². The molecule has 0 atom stereocenters. The fourth-order valence-corrected chi connectivity index (χ4v) is 1.04. The molecular formula is C14H23N3O4. The summed E-state index contributed by atoms with van der Waals surface area (Å²) in [5, 5.41) is 4.61. The highest BCUT2D eigenvalue weighted by Crippen LogP contribution is 2.07. The third kappa shape index (κ3) is 11.3. The van der Waals surface area contributed by atoms with Gasteiger partial charge in [0.1, 0.15) is 17.7 Å². The van der Waals surface area contributed by atoms with E-state index in [1.165, 1.54) is 0 Å². The number of nitrogens with zero attached hydrogens (tertiary/aromatic N) is 1. The highest BCUT2D eigenvalue weighted by Gasteiger charge is 2.20. The van der Waals surface area contributed by atoms with Crippen LogP contribution in [0.25, 0.3) is 0 Å². The van der Waals surface area contributed by atoms with Crippen molar-refractivity contribution in [1.29, 1.82) is 0 Å². The van der Waals surface area contributed by atoms with Crippen molar-refractivity contribution in [1.82, 2.24) is 10.6 Å². The van der Waals surface area contributed by atoms with Crippen molar-refractivity contribution in [2.24, 2.45) is 4.99 Å². The maximum atomic E-state index is 11.6. The van der Waals surface area contributed by atoms with Gasteiger partial charge in [-0.3, -0.25) is 10.6 Å². The molecule has 2 N–H and O–H groups in total. The predicted molar refractivity (Wildman–Crippen MR) is 79.9 cm³/mol. The van der Waals surface area contributed by atoms with Crippen LogP contribution in [0.2, 0.25) is 0 Å². The van der Waals surface area contributed by atoms with Gasteiger partial charge in [0.2, 0.25) is 5.96 Å². The first-order valence-corrected chi connectivity index (χ1v) is 6.41. The number of alkyl carbamates (subject to hydrolysis) is 2. The largest absolute Gasteiger partial charge is 0.444 e.